The highest BCUT2D eigenvalue weighted by atomic mass is 32.2. The molecule has 11 nitrogen and oxygen atoms in total. The number of hydrogen-bond donors (Lipinski definition) is 1. The summed E-state index contributed by atoms with van der Waals surface area (Å²) >= 11 is 0. The standard InChI is InChI=1S/C27H31N3O8S2/c1-20-4-8-22(9-5-20)30(40(34,35)24-12-13-25(36-2)26(18-24)37-3)19-27(31)28-21-6-10-23(11-7-21)39(32,33)29-14-16-38-17-15-29/h4-13,18H,14-17,19H2,1-3H3,(H,28,31). The van der Waals surface area contributed by atoms with Gasteiger partial charge in [-0.3, -0.25) is 9.10 Å². The molecule has 4 rings (SSSR count). The topological polar surface area (TPSA) is 132 Å². The van der Waals surface area contributed by atoms with Crippen LogP contribution in [0.5, 0.6) is 11.5 Å². The number of carbonyl (C=O) groups is 1. The minimum Gasteiger partial charge on any atom is -0.493 e. The lowest BCUT2D eigenvalue weighted by Crippen LogP contribution is -2.40. The zero-order valence-electron chi connectivity index (χ0n) is 22.4. The summed E-state index contributed by atoms with van der Waals surface area (Å²) in [7, 11) is -5.06. The van der Waals surface area contributed by atoms with E-state index in [0.29, 0.717) is 30.3 Å². The van der Waals surface area contributed by atoms with Crippen LogP contribution in [0.4, 0.5) is 11.4 Å². The Labute approximate surface area is 234 Å². The molecule has 0 saturated carbocycles. The lowest BCUT2D eigenvalue weighted by molar-refractivity contribution is -0.114. The van der Waals surface area contributed by atoms with Crippen molar-refractivity contribution in [2.45, 2.75) is 16.7 Å². The number of rotatable bonds is 10. The van der Waals surface area contributed by atoms with Gasteiger partial charge in [0.2, 0.25) is 15.9 Å². The SMILES string of the molecule is COc1ccc(S(=O)(=O)N(CC(=O)Nc2ccc(S(=O)(=O)N3CCOCC3)cc2)c2ccc(C)cc2)cc1OC. The van der Waals surface area contributed by atoms with Crippen LogP contribution >= 0.6 is 0 Å². The first-order chi connectivity index (χ1) is 19.1. The summed E-state index contributed by atoms with van der Waals surface area (Å²) in [6.45, 7) is 2.53. The molecule has 214 valence electrons. The molecule has 0 radical (unpaired) electrons. The molecule has 0 aromatic heterocycles. The van der Waals surface area contributed by atoms with Gasteiger partial charge in [0.05, 0.1) is 42.9 Å². The van der Waals surface area contributed by atoms with Gasteiger partial charge in [0.1, 0.15) is 6.54 Å². The maximum Gasteiger partial charge on any atom is 0.264 e. The molecule has 0 aliphatic carbocycles. The Hall–Kier alpha value is -3.65. The van der Waals surface area contributed by atoms with Crippen LogP contribution in [0.15, 0.2) is 76.5 Å². The normalized spacial score (nSPS) is 14.4. The van der Waals surface area contributed by atoms with E-state index in [1.165, 1.54) is 61.0 Å². The van der Waals surface area contributed by atoms with Gasteiger partial charge < -0.3 is 19.5 Å². The van der Waals surface area contributed by atoms with E-state index in [1.807, 2.05) is 6.92 Å². The molecular weight excluding hydrogens is 558 g/mol. The number of nitrogens with one attached hydrogen (secondary N) is 1. The van der Waals surface area contributed by atoms with Crippen molar-refractivity contribution in [1.29, 1.82) is 0 Å². The number of morpholine rings is 1. The largest absolute Gasteiger partial charge is 0.493 e. The molecule has 1 aliphatic rings. The van der Waals surface area contributed by atoms with Crippen LogP contribution in [0, 0.1) is 6.92 Å². The van der Waals surface area contributed by atoms with E-state index in [1.54, 1.807) is 24.3 Å². The number of ether oxygens (including phenoxy) is 3. The molecular formula is C27H31N3O8S2. The summed E-state index contributed by atoms with van der Waals surface area (Å²) in [5.74, 6) is -0.0300. The van der Waals surface area contributed by atoms with Gasteiger partial charge in [-0.2, -0.15) is 4.31 Å². The molecule has 13 heteroatoms. The summed E-state index contributed by atoms with van der Waals surface area (Å²) in [6.07, 6.45) is 0. The molecule has 0 bridgehead atoms. The molecule has 1 N–H and O–H groups in total. The van der Waals surface area contributed by atoms with Gasteiger partial charge >= 0.3 is 0 Å². The van der Waals surface area contributed by atoms with Crippen molar-refractivity contribution in [2.24, 2.45) is 0 Å². The second-order valence-corrected chi connectivity index (χ2v) is 12.8. The fourth-order valence-electron chi connectivity index (χ4n) is 4.11. The monoisotopic (exact) mass is 589 g/mol. The quantitative estimate of drug-likeness (QED) is 0.382. The summed E-state index contributed by atoms with van der Waals surface area (Å²) in [5.41, 5.74) is 1.53. The molecule has 1 amide bonds. The van der Waals surface area contributed by atoms with E-state index >= 15 is 0 Å². The molecule has 0 atom stereocenters. The van der Waals surface area contributed by atoms with Gasteiger partial charge in [-0.1, -0.05) is 17.7 Å². The highest BCUT2D eigenvalue weighted by molar-refractivity contribution is 7.92. The molecule has 1 heterocycles. The maximum atomic E-state index is 13.7. The average molecular weight is 590 g/mol. The first-order valence-electron chi connectivity index (χ1n) is 12.4. The van der Waals surface area contributed by atoms with E-state index < -0.39 is 32.5 Å². The molecule has 0 unspecified atom stereocenters. The van der Waals surface area contributed by atoms with Crippen LogP contribution in [-0.4, -0.2) is 74.1 Å². The Morgan fingerprint density at radius 1 is 0.875 bits per heavy atom. The lowest BCUT2D eigenvalue weighted by atomic mass is 10.2. The summed E-state index contributed by atoms with van der Waals surface area (Å²) in [4.78, 5) is 13.1. The summed E-state index contributed by atoms with van der Waals surface area (Å²) in [6, 6.07) is 16.6. The number of hydrogen-bond acceptors (Lipinski definition) is 8. The highest BCUT2D eigenvalue weighted by Gasteiger charge is 2.29. The molecule has 1 fully saturated rings. The third kappa shape index (κ3) is 6.39. The van der Waals surface area contributed by atoms with Crippen LogP contribution < -0.4 is 19.1 Å². The third-order valence-corrected chi connectivity index (χ3v) is 9.98. The fourth-order valence-corrected chi connectivity index (χ4v) is 6.95. The van der Waals surface area contributed by atoms with E-state index in [2.05, 4.69) is 5.32 Å². The Morgan fingerprint density at radius 2 is 1.48 bits per heavy atom. The first kappa shape index (κ1) is 29.3. The van der Waals surface area contributed by atoms with E-state index in [9.17, 15) is 21.6 Å². The van der Waals surface area contributed by atoms with Gasteiger partial charge in [0.25, 0.3) is 10.0 Å². The zero-order valence-corrected chi connectivity index (χ0v) is 24.0. The number of amides is 1. The van der Waals surface area contributed by atoms with Gasteiger partial charge in [-0.05, 0) is 55.5 Å². The lowest BCUT2D eigenvalue weighted by Gasteiger charge is -2.26. The third-order valence-electron chi connectivity index (χ3n) is 6.30. The number of anilines is 2. The van der Waals surface area contributed by atoms with Crippen molar-refractivity contribution in [3.63, 3.8) is 0 Å². The van der Waals surface area contributed by atoms with Crippen molar-refractivity contribution in [2.75, 3.05) is 56.7 Å². The summed E-state index contributed by atoms with van der Waals surface area (Å²) in [5, 5.41) is 2.66. The Morgan fingerprint density at radius 3 is 2.08 bits per heavy atom. The van der Waals surface area contributed by atoms with Gasteiger partial charge in [-0.25, -0.2) is 16.8 Å². The number of methoxy groups -OCH3 is 2. The molecule has 0 spiro atoms. The van der Waals surface area contributed by atoms with E-state index in [-0.39, 0.29) is 28.6 Å². The van der Waals surface area contributed by atoms with Crippen molar-refractivity contribution < 1.29 is 35.8 Å². The van der Waals surface area contributed by atoms with Crippen LogP contribution in [0.1, 0.15) is 5.56 Å². The number of benzene rings is 3. The zero-order chi connectivity index (χ0) is 28.9. The number of sulfonamides is 2. The second kappa shape index (κ2) is 12.3. The van der Waals surface area contributed by atoms with Crippen molar-refractivity contribution in [3.05, 3.63) is 72.3 Å². The molecule has 40 heavy (non-hydrogen) atoms. The first-order valence-corrected chi connectivity index (χ1v) is 15.2. The summed E-state index contributed by atoms with van der Waals surface area (Å²) < 4.78 is 71.3. The number of carbonyl (C=O) groups excluding carboxylic acids is 1. The van der Waals surface area contributed by atoms with Crippen molar-refractivity contribution >= 4 is 37.3 Å². The van der Waals surface area contributed by atoms with E-state index in [4.69, 9.17) is 14.2 Å². The van der Waals surface area contributed by atoms with Crippen LogP contribution in [0.3, 0.4) is 0 Å². The average Bonchev–Trinajstić information content (AvgIpc) is 2.96. The fraction of sp³-hybridized carbons (Fsp3) is 0.296. The minimum absolute atomic E-state index is 0.0869. The molecule has 3 aromatic rings. The minimum atomic E-state index is -4.21. The van der Waals surface area contributed by atoms with Crippen molar-refractivity contribution in [1.82, 2.24) is 4.31 Å². The highest BCUT2D eigenvalue weighted by Crippen LogP contribution is 2.32. The van der Waals surface area contributed by atoms with E-state index in [0.717, 1.165) is 9.87 Å². The second-order valence-electron chi connectivity index (χ2n) is 8.95. The maximum absolute atomic E-state index is 13.7. The van der Waals surface area contributed by atoms with Crippen LogP contribution in [0.25, 0.3) is 0 Å². The predicted octanol–water partition coefficient (Wildman–Crippen LogP) is 2.87. The smallest absolute Gasteiger partial charge is 0.264 e. The molecule has 3 aromatic carbocycles. The Bertz CT molecular complexity index is 1550. The Kier molecular flexibility index (Phi) is 8.98. The Balaban J connectivity index is 1.57. The molecule has 1 aliphatic heterocycles. The predicted molar refractivity (Wildman–Crippen MR) is 150 cm³/mol. The van der Waals surface area contributed by atoms with Gasteiger partial charge in [0, 0.05) is 24.8 Å². The van der Waals surface area contributed by atoms with Crippen LogP contribution in [0.2, 0.25) is 0 Å². The van der Waals surface area contributed by atoms with Gasteiger partial charge in [0.15, 0.2) is 11.5 Å². The molecule has 1 saturated heterocycles. The number of aryl methyl sites for hydroxylation is 1. The van der Waals surface area contributed by atoms with Crippen molar-refractivity contribution in [3.8, 4) is 11.5 Å². The number of nitrogens with zero attached hydrogens (tertiary/aromatic N) is 2. The van der Waals surface area contributed by atoms with Gasteiger partial charge in [-0.15, -0.1) is 0 Å². The van der Waals surface area contributed by atoms with Crippen LogP contribution in [-0.2, 0) is 29.6 Å².